The van der Waals surface area contributed by atoms with Gasteiger partial charge in [-0.1, -0.05) is 53.2 Å². The molecule has 1 aliphatic heterocycles. The summed E-state index contributed by atoms with van der Waals surface area (Å²) in [5.41, 5.74) is -2.13. The van der Waals surface area contributed by atoms with Gasteiger partial charge in [-0.3, -0.25) is 9.59 Å². The Morgan fingerprint density at radius 3 is 2.16 bits per heavy atom. The van der Waals surface area contributed by atoms with Crippen LogP contribution in [0.4, 0.5) is 0 Å². The van der Waals surface area contributed by atoms with Gasteiger partial charge in [-0.05, 0) is 111 Å². The van der Waals surface area contributed by atoms with Crippen molar-refractivity contribution in [1.29, 1.82) is 0 Å². The van der Waals surface area contributed by atoms with Gasteiger partial charge in [-0.2, -0.15) is 0 Å². The van der Waals surface area contributed by atoms with E-state index in [1.165, 1.54) is 0 Å². The average Bonchev–Trinajstić information content (AvgIpc) is 2.97. The highest BCUT2D eigenvalue weighted by atomic mass is 16.7. The molecular weight excluding hydrogens is 576 g/mol. The Morgan fingerprint density at radius 2 is 1.51 bits per heavy atom. The van der Waals surface area contributed by atoms with Crippen molar-refractivity contribution in [2.75, 3.05) is 0 Å². The zero-order valence-corrected chi connectivity index (χ0v) is 28.2. The smallest absolute Gasteiger partial charge is 0.314 e. The number of rotatable bonds is 4. The van der Waals surface area contributed by atoms with Gasteiger partial charge >= 0.3 is 11.9 Å². The topological polar surface area (TPSA) is 154 Å². The van der Waals surface area contributed by atoms with Crippen molar-refractivity contribution < 1.29 is 44.6 Å². The molecule has 0 aromatic rings. The van der Waals surface area contributed by atoms with E-state index in [1.54, 1.807) is 6.92 Å². The van der Waals surface area contributed by atoms with Crippen LogP contribution in [0.1, 0.15) is 106 Å². The second-order valence-electron chi connectivity index (χ2n) is 17.2. The number of allylic oxidation sites excluding steroid dienone is 1. The first-order valence-corrected chi connectivity index (χ1v) is 17.4. The summed E-state index contributed by atoms with van der Waals surface area (Å²) in [6.07, 6.45) is 2.36. The van der Waals surface area contributed by atoms with Crippen LogP contribution in [-0.4, -0.2) is 74.3 Å². The third kappa shape index (κ3) is 4.28. The normalized spacial score (nSPS) is 54.0. The molecule has 0 unspecified atom stereocenters. The van der Waals surface area contributed by atoms with Crippen LogP contribution in [-0.2, 0) is 19.1 Å². The molecule has 0 bridgehead atoms. The van der Waals surface area contributed by atoms with E-state index in [2.05, 4.69) is 47.6 Å². The van der Waals surface area contributed by atoms with Gasteiger partial charge in [0, 0.05) is 0 Å². The molecule has 1 heterocycles. The van der Waals surface area contributed by atoms with Gasteiger partial charge in [-0.15, -0.1) is 0 Å². The number of aliphatic hydroxyl groups excluding tert-OH is 3. The van der Waals surface area contributed by atoms with Gasteiger partial charge in [0.2, 0.25) is 0 Å². The molecule has 5 N–H and O–H groups in total. The van der Waals surface area contributed by atoms with Crippen LogP contribution in [0.25, 0.3) is 0 Å². The molecular formula is C36H56O9. The summed E-state index contributed by atoms with van der Waals surface area (Å²) < 4.78 is 12.3. The molecule has 15 atom stereocenters. The predicted molar refractivity (Wildman–Crippen MR) is 166 cm³/mol. The lowest BCUT2D eigenvalue weighted by atomic mass is 9.33. The van der Waals surface area contributed by atoms with Crippen molar-refractivity contribution in [3.63, 3.8) is 0 Å². The second-order valence-corrected chi connectivity index (χ2v) is 17.2. The zero-order valence-electron chi connectivity index (χ0n) is 28.2. The molecule has 0 aromatic carbocycles. The van der Waals surface area contributed by atoms with Gasteiger partial charge in [0.05, 0.1) is 23.0 Å². The SMILES string of the molecule is C[C@H]1[C@H](C)CC[C@]2(C(=O)O)CC[C@]3(C(=O)O)C(=CC[C@H]4[C@@]5(C)CC[C@H](O[C@@H]6O[C@H](C)[C@H](O)[C@H](O)[C@H]6O)C(C)(C)[C@@H]5CC[C@]43C)[C@@H]12. The zero-order chi connectivity index (χ0) is 33.1. The van der Waals surface area contributed by atoms with Crippen LogP contribution in [0.5, 0.6) is 0 Å². The minimum Gasteiger partial charge on any atom is -0.481 e. The molecule has 6 rings (SSSR count). The highest BCUT2D eigenvalue weighted by Gasteiger charge is 2.73. The molecule has 1 saturated heterocycles. The Morgan fingerprint density at radius 1 is 0.822 bits per heavy atom. The molecule has 45 heavy (non-hydrogen) atoms. The van der Waals surface area contributed by atoms with Crippen LogP contribution >= 0.6 is 0 Å². The van der Waals surface area contributed by atoms with E-state index in [0.29, 0.717) is 31.6 Å². The number of aliphatic carboxylic acids is 2. The lowest BCUT2D eigenvalue weighted by Gasteiger charge is -2.70. The number of hydrogen-bond acceptors (Lipinski definition) is 7. The van der Waals surface area contributed by atoms with Crippen molar-refractivity contribution in [3.05, 3.63) is 11.6 Å². The Balaban J connectivity index is 1.35. The Kier molecular flexibility index (Phi) is 7.97. The van der Waals surface area contributed by atoms with Gasteiger partial charge in [0.15, 0.2) is 6.29 Å². The quantitative estimate of drug-likeness (QED) is 0.213. The summed E-state index contributed by atoms with van der Waals surface area (Å²) in [5, 5.41) is 53.2. The third-order valence-electron chi connectivity index (χ3n) is 15.3. The average molecular weight is 633 g/mol. The van der Waals surface area contributed by atoms with E-state index < -0.39 is 58.9 Å². The number of hydrogen-bond donors (Lipinski definition) is 5. The van der Waals surface area contributed by atoms with Gasteiger partial charge in [-0.25, -0.2) is 0 Å². The lowest BCUT2D eigenvalue weighted by molar-refractivity contribution is -0.324. The van der Waals surface area contributed by atoms with E-state index in [4.69, 9.17) is 9.47 Å². The minimum absolute atomic E-state index is 0.0958. The summed E-state index contributed by atoms with van der Waals surface area (Å²) in [5.74, 6) is -1.08. The molecule has 5 fully saturated rings. The van der Waals surface area contributed by atoms with E-state index in [1.807, 2.05) is 0 Å². The third-order valence-corrected chi connectivity index (χ3v) is 15.3. The monoisotopic (exact) mass is 632 g/mol. The highest BCUT2D eigenvalue weighted by Crippen LogP contribution is 2.76. The summed E-state index contributed by atoms with van der Waals surface area (Å²) in [4.78, 5) is 26.8. The fourth-order valence-electron chi connectivity index (χ4n) is 12.5. The number of carbonyl (C=O) groups is 2. The minimum atomic E-state index is -1.36. The van der Waals surface area contributed by atoms with Crippen LogP contribution in [0.15, 0.2) is 11.6 Å². The maximum Gasteiger partial charge on any atom is 0.314 e. The van der Waals surface area contributed by atoms with Crippen molar-refractivity contribution in [1.82, 2.24) is 0 Å². The molecule has 254 valence electrons. The number of carboxylic acid groups (broad SMARTS) is 2. The number of ether oxygens (including phenoxy) is 2. The first kappa shape index (κ1) is 33.4. The highest BCUT2D eigenvalue weighted by molar-refractivity contribution is 5.84. The van der Waals surface area contributed by atoms with Crippen LogP contribution in [0.2, 0.25) is 0 Å². The van der Waals surface area contributed by atoms with Crippen LogP contribution in [0.3, 0.4) is 0 Å². The van der Waals surface area contributed by atoms with Crippen molar-refractivity contribution in [2.45, 2.75) is 143 Å². The summed E-state index contributed by atoms with van der Waals surface area (Å²) in [6.45, 7) is 15.0. The van der Waals surface area contributed by atoms with Crippen LogP contribution < -0.4 is 0 Å². The molecule has 0 spiro atoms. The van der Waals surface area contributed by atoms with Crippen LogP contribution in [0, 0.1) is 56.7 Å². The molecule has 4 saturated carbocycles. The van der Waals surface area contributed by atoms with Crippen molar-refractivity contribution >= 4 is 11.9 Å². The van der Waals surface area contributed by atoms with E-state index in [9.17, 15) is 35.1 Å². The predicted octanol–water partition coefficient (Wildman–Crippen LogP) is 5.01. The molecule has 0 amide bonds. The summed E-state index contributed by atoms with van der Waals surface area (Å²) in [6, 6.07) is 0. The maximum absolute atomic E-state index is 13.8. The second kappa shape index (κ2) is 10.7. The van der Waals surface area contributed by atoms with E-state index in [0.717, 1.165) is 37.7 Å². The fraction of sp³-hybridized carbons (Fsp3) is 0.889. The molecule has 0 aromatic heterocycles. The summed E-state index contributed by atoms with van der Waals surface area (Å²) >= 11 is 0. The lowest BCUT2D eigenvalue weighted by Crippen LogP contribution is -2.68. The van der Waals surface area contributed by atoms with Gasteiger partial charge in [0.25, 0.3) is 0 Å². The first-order chi connectivity index (χ1) is 20.9. The molecule has 9 nitrogen and oxygen atoms in total. The Hall–Kier alpha value is -1.52. The number of fused-ring (bicyclic) bond motifs is 7. The number of aliphatic hydroxyl groups is 3. The summed E-state index contributed by atoms with van der Waals surface area (Å²) in [7, 11) is 0. The van der Waals surface area contributed by atoms with Crippen molar-refractivity contribution in [3.8, 4) is 0 Å². The molecule has 9 heteroatoms. The van der Waals surface area contributed by atoms with Crippen molar-refractivity contribution in [2.24, 2.45) is 56.7 Å². The standard InChI is InChI=1S/C36H56O9/c1-18-10-15-35(30(40)41)16-17-36(31(42)43)21(25(35)19(18)2)8-9-23-33(6)13-12-24(32(4,5)22(33)11-14-34(23,36)7)45-29-28(39)27(38)26(37)20(3)44-29/h8,18-20,22-29,37-39H,9-17H2,1-7H3,(H,40,41)(H,42,43)/t18-,19+,20-,22+,23+,24+,25-,26+,27+,28-,29+,33+,34-,35+,36-/m1/s1. The van der Waals surface area contributed by atoms with Gasteiger partial charge < -0.3 is 35.0 Å². The largest absolute Gasteiger partial charge is 0.481 e. The fourth-order valence-corrected chi connectivity index (χ4v) is 12.5. The Labute approximate surface area is 267 Å². The van der Waals surface area contributed by atoms with Gasteiger partial charge in [0.1, 0.15) is 18.3 Å². The first-order valence-electron chi connectivity index (χ1n) is 17.4. The van der Waals surface area contributed by atoms with E-state index >= 15 is 0 Å². The molecule has 0 radical (unpaired) electrons. The number of carboxylic acids is 2. The van der Waals surface area contributed by atoms with E-state index in [-0.39, 0.29) is 40.6 Å². The Bertz CT molecular complexity index is 1250. The molecule has 5 aliphatic carbocycles. The molecule has 6 aliphatic rings. The maximum atomic E-state index is 13.8.